The van der Waals surface area contributed by atoms with Crippen LogP contribution in [0.3, 0.4) is 0 Å². The summed E-state index contributed by atoms with van der Waals surface area (Å²) >= 11 is 0. The number of hydrogen-bond donors (Lipinski definition) is 1. The standard InChI is InChI=1S/C15H23NO3/c1-3-4-7-16-14(18)19-10-15(11(2)17)9-12-5-6-13(15)8-12/h5-6,12-13H,3-4,7-10H2,1-2H3,(H,16,18). The second-order valence-corrected chi connectivity index (χ2v) is 5.76. The van der Waals surface area contributed by atoms with Crippen molar-refractivity contribution in [1.29, 1.82) is 0 Å². The molecule has 0 aromatic carbocycles. The number of nitrogens with one attached hydrogen (secondary N) is 1. The van der Waals surface area contributed by atoms with Gasteiger partial charge in [-0.15, -0.1) is 0 Å². The summed E-state index contributed by atoms with van der Waals surface area (Å²) < 4.78 is 5.29. The van der Waals surface area contributed by atoms with Gasteiger partial charge in [0.05, 0.1) is 5.41 Å². The van der Waals surface area contributed by atoms with Gasteiger partial charge in [-0.2, -0.15) is 0 Å². The Bertz CT molecular complexity index is 391. The molecule has 1 fully saturated rings. The van der Waals surface area contributed by atoms with Gasteiger partial charge in [0.15, 0.2) is 0 Å². The first kappa shape index (κ1) is 14.1. The molecule has 1 saturated carbocycles. The summed E-state index contributed by atoms with van der Waals surface area (Å²) in [6.07, 6.45) is 7.74. The molecule has 19 heavy (non-hydrogen) atoms. The van der Waals surface area contributed by atoms with E-state index in [9.17, 15) is 9.59 Å². The van der Waals surface area contributed by atoms with Crippen molar-refractivity contribution < 1.29 is 14.3 Å². The Balaban J connectivity index is 1.87. The van der Waals surface area contributed by atoms with Crippen LogP contribution in [0.15, 0.2) is 12.2 Å². The smallest absolute Gasteiger partial charge is 0.407 e. The third-order valence-electron chi connectivity index (χ3n) is 4.47. The summed E-state index contributed by atoms with van der Waals surface area (Å²) in [5, 5.41) is 2.72. The highest BCUT2D eigenvalue weighted by Gasteiger charge is 2.52. The van der Waals surface area contributed by atoms with E-state index >= 15 is 0 Å². The van der Waals surface area contributed by atoms with E-state index in [0.717, 1.165) is 25.7 Å². The summed E-state index contributed by atoms with van der Waals surface area (Å²) in [6.45, 7) is 4.53. The van der Waals surface area contributed by atoms with E-state index in [4.69, 9.17) is 4.74 Å². The van der Waals surface area contributed by atoms with Crippen molar-refractivity contribution in [3.05, 3.63) is 12.2 Å². The first-order chi connectivity index (χ1) is 9.08. The molecule has 0 aromatic rings. The minimum atomic E-state index is -0.471. The van der Waals surface area contributed by atoms with Crippen molar-refractivity contribution in [2.24, 2.45) is 17.3 Å². The highest BCUT2D eigenvalue weighted by Crippen LogP contribution is 2.52. The van der Waals surface area contributed by atoms with Gasteiger partial charge >= 0.3 is 6.09 Å². The van der Waals surface area contributed by atoms with Gasteiger partial charge in [-0.1, -0.05) is 25.5 Å². The van der Waals surface area contributed by atoms with Crippen LogP contribution in [0.4, 0.5) is 4.79 Å². The first-order valence-electron chi connectivity index (χ1n) is 7.18. The molecular formula is C15H23NO3. The average molecular weight is 265 g/mol. The van der Waals surface area contributed by atoms with Crippen molar-refractivity contribution in [3.63, 3.8) is 0 Å². The SMILES string of the molecule is CCCCNC(=O)OCC1(C(C)=O)CC2C=CC1C2. The van der Waals surface area contributed by atoms with E-state index in [-0.39, 0.29) is 18.3 Å². The number of ketones is 1. The van der Waals surface area contributed by atoms with E-state index < -0.39 is 11.5 Å². The van der Waals surface area contributed by atoms with Crippen LogP contribution in [0.5, 0.6) is 0 Å². The number of amides is 1. The van der Waals surface area contributed by atoms with Crippen LogP contribution < -0.4 is 5.32 Å². The summed E-state index contributed by atoms with van der Waals surface area (Å²) in [5.41, 5.74) is -0.471. The summed E-state index contributed by atoms with van der Waals surface area (Å²) in [7, 11) is 0. The molecule has 2 aliphatic carbocycles. The summed E-state index contributed by atoms with van der Waals surface area (Å²) in [5.74, 6) is 0.879. The van der Waals surface area contributed by atoms with E-state index in [1.54, 1.807) is 6.92 Å². The predicted octanol–water partition coefficient (Wildman–Crippen LogP) is 2.68. The molecule has 4 heteroatoms. The first-order valence-corrected chi connectivity index (χ1v) is 7.18. The van der Waals surface area contributed by atoms with Crippen LogP contribution in [-0.2, 0) is 9.53 Å². The van der Waals surface area contributed by atoms with E-state index in [0.29, 0.717) is 12.5 Å². The zero-order chi connectivity index (χ0) is 13.9. The molecule has 1 amide bonds. The molecule has 0 aromatic heterocycles. The maximum absolute atomic E-state index is 12.0. The molecule has 0 spiro atoms. The fourth-order valence-corrected chi connectivity index (χ4v) is 3.24. The molecule has 3 unspecified atom stereocenters. The monoisotopic (exact) mass is 265 g/mol. The van der Waals surface area contributed by atoms with Crippen molar-refractivity contribution in [2.75, 3.05) is 13.2 Å². The van der Waals surface area contributed by atoms with Crippen LogP contribution in [-0.4, -0.2) is 25.0 Å². The Morgan fingerprint density at radius 2 is 2.21 bits per heavy atom. The second-order valence-electron chi connectivity index (χ2n) is 5.76. The molecule has 0 aliphatic heterocycles. The molecular weight excluding hydrogens is 242 g/mol. The third-order valence-corrected chi connectivity index (χ3v) is 4.47. The Hall–Kier alpha value is -1.32. The van der Waals surface area contributed by atoms with Crippen molar-refractivity contribution >= 4 is 11.9 Å². The van der Waals surface area contributed by atoms with Gasteiger partial charge in [0.1, 0.15) is 12.4 Å². The van der Waals surface area contributed by atoms with E-state index in [2.05, 4.69) is 24.4 Å². The van der Waals surface area contributed by atoms with Crippen LogP contribution in [0.25, 0.3) is 0 Å². The molecule has 3 atom stereocenters. The zero-order valence-corrected chi connectivity index (χ0v) is 11.8. The number of fused-ring (bicyclic) bond motifs is 2. The van der Waals surface area contributed by atoms with Crippen LogP contribution in [0.2, 0.25) is 0 Å². The highest BCUT2D eigenvalue weighted by atomic mass is 16.5. The Labute approximate surface area is 114 Å². The average Bonchev–Trinajstić information content (AvgIpc) is 2.97. The lowest BCUT2D eigenvalue weighted by Crippen LogP contribution is -2.40. The van der Waals surface area contributed by atoms with Gasteiger partial charge in [0.25, 0.3) is 0 Å². The van der Waals surface area contributed by atoms with E-state index in [1.807, 2.05) is 0 Å². The number of carbonyl (C=O) groups excluding carboxylic acids is 2. The molecule has 0 radical (unpaired) electrons. The topological polar surface area (TPSA) is 55.4 Å². The fourth-order valence-electron chi connectivity index (χ4n) is 3.24. The van der Waals surface area contributed by atoms with Gasteiger partial charge in [0.2, 0.25) is 0 Å². The number of Topliss-reactive ketones (excluding diaryl/α,β-unsaturated/α-hetero) is 1. The number of ether oxygens (including phenoxy) is 1. The van der Waals surface area contributed by atoms with Crippen LogP contribution >= 0.6 is 0 Å². The number of allylic oxidation sites excluding steroid dienone is 2. The largest absolute Gasteiger partial charge is 0.448 e. The molecule has 4 nitrogen and oxygen atoms in total. The molecule has 1 N–H and O–H groups in total. The molecule has 2 bridgehead atoms. The third kappa shape index (κ3) is 2.82. The molecule has 106 valence electrons. The molecule has 0 saturated heterocycles. The fraction of sp³-hybridized carbons (Fsp3) is 0.733. The van der Waals surface area contributed by atoms with E-state index in [1.165, 1.54) is 0 Å². The van der Waals surface area contributed by atoms with Crippen molar-refractivity contribution in [1.82, 2.24) is 5.32 Å². The van der Waals surface area contributed by atoms with Gasteiger partial charge in [-0.3, -0.25) is 4.79 Å². The van der Waals surface area contributed by atoms with Crippen molar-refractivity contribution in [3.8, 4) is 0 Å². The number of rotatable bonds is 6. The van der Waals surface area contributed by atoms with Gasteiger partial charge in [-0.25, -0.2) is 4.79 Å². The normalized spacial score (nSPS) is 31.5. The number of alkyl carbamates (subject to hydrolysis) is 1. The highest BCUT2D eigenvalue weighted by molar-refractivity contribution is 5.84. The van der Waals surface area contributed by atoms with Gasteiger partial charge in [0, 0.05) is 6.54 Å². The molecule has 2 aliphatic rings. The Kier molecular flexibility index (Phi) is 4.27. The molecule has 0 heterocycles. The van der Waals surface area contributed by atoms with Gasteiger partial charge in [-0.05, 0) is 38.0 Å². The number of carbonyl (C=O) groups is 2. The lowest BCUT2D eigenvalue weighted by molar-refractivity contribution is -0.130. The van der Waals surface area contributed by atoms with Gasteiger partial charge < -0.3 is 10.1 Å². The van der Waals surface area contributed by atoms with Crippen molar-refractivity contribution in [2.45, 2.75) is 39.5 Å². The maximum Gasteiger partial charge on any atom is 0.407 e. The number of unbranched alkanes of at least 4 members (excludes halogenated alkanes) is 1. The second kappa shape index (κ2) is 5.76. The Morgan fingerprint density at radius 1 is 1.42 bits per heavy atom. The number of hydrogen-bond acceptors (Lipinski definition) is 3. The zero-order valence-electron chi connectivity index (χ0n) is 11.8. The van der Waals surface area contributed by atoms with Crippen LogP contribution in [0.1, 0.15) is 39.5 Å². The minimum absolute atomic E-state index is 0.144. The minimum Gasteiger partial charge on any atom is -0.448 e. The Morgan fingerprint density at radius 3 is 2.74 bits per heavy atom. The maximum atomic E-state index is 12.0. The molecule has 2 rings (SSSR count). The summed E-state index contributed by atoms with van der Waals surface area (Å²) in [4.78, 5) is 23.6. The van der Waals surface area contributed by atoms with Crippen LogP contribution in [0, 0.1) is 17.3 Å². The predicted molar refractivity (Wildman–Crippen MR) is 72.7 cm³/mol. The quantitative estimate of drug-likeness (QED) is 0.593. The lowest BCUT2D eigenvalue weighted by Gasteiger charge is -2.32. The summed E-state index contributed by atoms with van der Waals surface area (Å²) in [6, 6.07) is 0. The lowest BCUT2D eigenvalue weighted by atomic mass is 9.73.